The van der Waals surface area contributed by atoms with Crippen LogP contribution in [0.1, 0.15) is 24.3 Å². The first-order valence-corrected chi connectivity index (χ1v) is 18.3. The van der Waals surface area contributed by atoms with E-state index >= 15 is 0 Å². The first-order chi connectivity index (χ1) is 25.8. The molecule has 2 heteroatoms. The van der Waals surface area contributed by atoms with Crippen molar-refractivity contribution < 1.29 is 0 Å². The molecule has 0 N–H and O–H groups in total. The van der Waals surface area contributed by atoms with Gasteiger partial charge in [0.25, 0.3) is 0 Å². The largest absolute Gasteiger partial charge is 0.334 e. The van der Waals surface area contributed by atoms with Crippen LogP contribution in [0.4, 0.5) is 22.7 Å². The minimum absolute atomic E-state index is 0.255. The van der Waals surface area contributed by atoms with Gasteiger partial charge in [0.05, 0.1) is 11.7 Å². The molecule has 0 bridgehead atoms. The van der Waals surface area contributed by atoms with Gasteiger partial charge in [0.15, 0.2) is 0 Å². The number of nitrogens with zero attached hydrogens (tertiary/aromatic N) is 2. The van der Waals surface area contributed by atoms with Gasteiger partial charge in [-0.3, -0.25) is 0 Å². The van der Waals surface area contributed by atoms with Gasteiger partial charge in [-0.05, 0) is 82.8 Å². The summed E-state index contributed by atoms with van der Waals surface area (Å²) in [6.07, 6.45) is 17.9. The lowest BCUT2D eigenvalue weighted by Crippen LogP contribution is -2.29. The number of allylic oxidation sites excluding steroid dienone is 5. The van der Waals surface area contributed by atoms with Crippen molar-refractivity contribution in [2.75, 3.05) is 9.80 Å². The van der Waals surface area contributed by atoms with Crippen molar-refractivity contribution in [3.05, 3.63) is 218 Å². The fourth-order valence-electron chi connectivity index (χ4n) is 7.85. The Bertz CT molecular complexity index is 2460. The van der Waals surface area contributed by atoms with Gasteiger partial charge < -0.3 is 9.80 Å². The summed E-state index contributed by atoms with van der Waals surface area (Å²) in [6.45, 7) is 0. The first-order valence-electron chi connectivity index (χ1n) is 18.3. The van der Waals surface area contributed by atoms with Gasteiger partial charge in [-0.2, -0.15) is 0 Å². The lowest BCUT2D eigenvalue weighted by Gasteiger charge is -2.33. The van der Waals surface area contributed by atoms with Crippen LogP contribution in [0.2, 0.25) is 0 Å². The highest BCUT2D eigenvalue weighted by Gasteiger charge is 2.22. The summed E-state index contributed by atoms with van der Waals surface area (Å²) in [5.41, 5.74) is 9.79. The molecule has 0 amide bonds. The van der Waals surface area contributed by atoms with Gasteiger partial charge >= 0.3 is 0 Å². The van der Waals surface area contributed by atoms with Crippen molar-refractivity contribution in [2.45, 2.75) is 24.8 Å². The molecule has 250 valence electrons. The molecule has 0 saturated heterocycles. The average Bonchev–Trinajstić information content (AvgIpc) is 3.23. The van der Waals surface area contributed by atoms with Crippen molar-refractivity contribution in [2.24, 2.45) is 0 Å². The molecular weight excluding hydrogens is 629 g/mol. The number of para-hydroxylation sites is 1. The molecule has 0 aromatic heterocycles. The maximum absolute atomic E-state index is 2.49. The van der Waals surface area contributed by atoms with Gasteiger partial charge in [0.1, 0.15) is 0 Å². The smallest absolute Gasteiger partial charge is 0.0560 e. The molecule has 52 heavy (non-hydrogen) atoms. The highest BCUT2D eigenvalue weighted by molar-refractivity contribution is 5.98. The predicted octanol–water partition coefficient (Wildman–Crippen LogP) is 13.4. The van der Waals surface area contributed by atoms with E-state index in [1.165, 1.54) is 61.0 Å². The van der Waals surface area contributed by atoms with E-state index in [9.17, 15) is 0 Å². The SMILES string of the molecule is C1=CCC(N(c2ccc(-c3ccc(C4C=CC(N(c5ccccc5)c5cccc6ccccc56)=CC4)cc3)cc2)c2cccc3ccccc23)C=C1. The summed E-state index contributed by atoms with van der Waals surface area (Å²) in [4.78, 5) is 4.88. The molecule has 0 aliphatic heterocycles. The van der Waals surface area contributed by atoms with Crippen LogP contribution >= 0.6 is 0 Å². The Morgan fingerprint density at radius 2 is 1.08 bits per heavy atom. The Hall–Kier alpha value is -6.38. The standard InChI is InChI=1S/C50H40N2/c1-3-17-43(18-4-1)51(49-23-11-15-41-13-7-9-21-47(41)49)45-33-29-39(30-34-45)37-25-27-38(28-26-37)40-31-35-46(36-32-40)52(44-19-5-2-6-20-44)50-24-12-16-42-14-8-10-22-48(42)50/h1-19,21-29,31-36,39,44H,20,30H2. The van der Waals surface area contributed by atoms with Crippen molar-refractivity contribution in [3.63, 3.8) is 0 Å². The molecule has 2 aliphatic carbocycles. The van der Waals surface area contributed by atoms with Gasteiger partial charge in [-0.1, -0.05) is 164 Å². The quantitative estimate of drug-likeness (QED) is 0.159. The summed E-state index contributed by atoms with van der Waals surface area (Å²) in [5, 5.41) is 5.02. The fraction of sp³-hybridized carbons (Fsp3) is 0.0800. The van der Waals surface area contributed by atoms with Crippen LogP contribution in [0.25, 0.3) is 32.7 Å². The average molecular weight is 669 g/mol. The van der Waals surface area contributed by atoms with E-state index in [2.05, 4.69) is 216 Å². The van der Waals surface area contributed by atoms with Crippen LogP contribution in [0.5, 0.6) is 0 Å². The van der Waals surface area contributed by atoms with Gasteiger partial charge in [-0.15, -0.1) is 0 Å². The van der Waals surface area contributed by atoms with Crippen molar-refractivity contribution in [1.29, 1.82) is 0 Å². The molecule has 9 rings (SSSR count). The molecule has 0 fully saturated rings. The second-order valence-corrected chi connectivity index (χ2v) is 13.7. The maximum atomic E-state index is 2.49. The molecular formula is C50H40N2. The highest BCUT2D eigenvalue weighted by atomic mass is 15.2. The van der Waals surface area contributed by atoms with E-state index in [0.29, 0.717) is 5.92 Å². The third-order valence-electron chi connectivity index (χ3n) is 10.5. The van der Waals surface area contributed by atoms with Gasteiger partial charge in [0.2, 0.25) is 0 Å². The third kappa shape index (κ3) is 6.14. The molecule has 2 unspecified atom stereocenters. The van der Waals surface area contributed by atoms with E-state index in [-0.39, 0.29) is 6.04 Å². The van der Waals surface area contributed by atoms with Crippen LogP contribution < -0.4 is 9.80 Å². The van der Waals surface area contributed by atoms with Crippen molar-refractivity contribution in [1.82, 2.24) is 0 Å². The number of fused-ring (bicyclic) bond motifs is 2. The lowest BCUT2D eigenvalue weighted by molar-refractivity contribution is 0.787. The van der Waals surface area contributed by atoms with Gasteiger partial charge in [-0.25, -0.2) is 0 Å². The number of rotatable bonds is 8. The maximum Gasteiger partial charge on any atom is 0.0560 e. The molecule has 2 atom stereocenters. The van der Waals surface area contributed by atoms with Crippen LogP contribution in [-0.2, 0) is 0 Å². The monoisotopic (exact) mass is 668 g/mol. The molecule has 0 radical (unpaired) electrons. The van der Waals surface area contributed by atoms with E-state index in [1.807, 2.05) is 0 Å². The molecule has 2 nitrogen and oxygen atoms in total. The summed E-state index contributed by atoms with van der Waals surface area (Å²) in [5.74, 6) is 0.331. The topological polar surface area (TPSA) is 6.48 Å². The van der Waals surface area contributed by atoms with Crippen LogP contribution in [-0.4, -0.2) is 6.04 Å². The van der Waals surface area contributed by atoms with E-state index in [0.717, 1.165) is 18.5 Å². The second-order valence-electron chi connectivity index (χ2n) is 13.7. The van der Waals surface area contributed by atoms with Crippen molar-refractivity contribution in [3.8, 4) is 11.1 Å². The van der Waals surface area contributed by atoms with Crippen LogP contribution in [0.15, 0.2) is 212 Å². The zero-order chi connectivity index (χ0) is 34.7. The summed E-state index contributed by atoms with van der Waals surface area (Å²) in [6, 6.07) is 59.8. The zero-order valence-electron chi connectivity index (χ0n) is 29.1. The van der Waals surface area contributed by atoms with E-state index < -0.39 is 0 Å². The predicted molar refractivity (Wildman–Crippen MR) is 222 cm³/mol. The second kappa shape index (κ2) is 14.1. The Labute approximate surface area is 306 Å². The summed E-state index contributed by atoms with van der Waals surface area (Å²) < 4.78 is 0. The zero-order valence-corrected chi connectivity index (χ0v) is 29.1. The summed E-state index contributed by atoms with van der Waals surface area (Å²) >= 11 is 0. The van der Waals surface area contributed by atoms with Crippen LogP contribution in [0, 0.1) is 0 Å². The molecule has 7 aromatic rings. The Morgan fingerprint density at radius 3 is 1.73 bits per heavy atom. The van der Waals surface area contributed by atoms with Crippen LogP contribution in [0.3, 0.4) is 0 Å². The molecule has 7 aromatic carbocycles. The molecule has 0 spiro atoms. The van der Waals surface area contributed by atoms with E-state index in [4.69, 9.17) is 0 Å². The minimum atomic E-state index is 0.255. The number of hydrogen-bond acceptors (Lipinski definition) is 2. The Kier molecular flexibility index (Phi) is 8.56. The summed E-state index contributed by atoms with van der Waals surface area (Å²) in [7, 11) is 0. The number of anilines is 4. The fourth-order valence-corrected chi connectivity index (χ4v) is 7.85. The molecule has 0 heterocycles. The third-order valence-corrected chi connectivity index (χ3v) is 10.5. The lowest BCUT2D eigenvalue weighted by atomic mass is 9.90. The number of hydrogen-bond donors (Lipinski definition) is 0. The van der Waals surface area contributed by atoms with Gasteiger partial charge in [0, 0.05) is 39.4 Å². The minimum Gasteiger partial charge on any atom is -0.334 e. The Morgan fingerprint density at radius 1 is 0.462 bits per heavy atom. The molecule has 0 saturated carbocycles. The van der Waals surface area contributed by atoms with E-state index in [1.54, 1.807) is 0 Å². The number of benzene rings is 7. The molecule has 2 aliphatic rings. The highest BCUT2D eigenvalue weighted by Crippen LogP contribution is 2.40. The normalized spacial score (nSPS) is 16.6. The first kappa shape index (κ1) is 31.6. The van der Waals surface area contributed by atoms with Crippen molar-refractivity contribution >= 4 is 44.3 Å². The Balaban J connectivity index is 0.959.